The summed E-state index contributed by atoms with van der Waals surface area (Å²) in [7, 11) is -0.721. The fraction of sp³-hybridized carbons (Fsp3) is 0.467. The van der Waals surface area contributed by atoms with E-state index in [0.717, 1.165) is 32.8 Å². The molecule has 8 rings (SSSR count). The monoisotopic (exact) mass is 715 g/mol. The van der Waals surface area contributed by atoms with Crippen LogP contribution >= 0.6 is 8.44 Å². The van der Waals surface area contributed by atoms with Crippen molar-refractivity contribution in [1.29, 1.82) is 0 Å². The maximum Gasteiger partial charge on any atom is 0.281 e. The molecule has 260 valence electrons. The number of amides is 4. The fourth-order valence-corrected chi connectivity index (χ4v) is 11.6. The van der Waals surface area contributed by atoms with E-state index in [1.807, 2.05) is 0 Å². The lowest BCUT2D eigenvalue weighted by molar-refractivity contribution is -0.229. The van der Waals surface area contributed by atoms with E-state index in [0.29, 0.717) is 30.3 Å². The molecule has 17 nitrogen and oxygen atoms in total. The molecule has 6 aliphatic heterocycles. The van der Waals surface area contributed by atoms with E-state index in [1.54, 1.807) is 38.8 Å². The molecular formula is C30H34N7O10PS. The Labute approximate surface area is 281 Å². The molecule has 4 saturated heterocycles. The molecule has 0 aromatic heterocycles. The Morgan fingerprint density at radius 2 is 1.33 bits per heavy atom. The number of likely N-dealkylation sites (N-methyl/N-ethyl adjacent to an activating group) is 2. The minimum Gasteiger partial charge on any atom is -0.364 e. The van der Waals surface area contributed by atoms with E-state index in [2.05, 4.69) is 5.32 Å². The zero-order chi connectivity index (χ0) is 35.9. The third-order valence-corrected chi connectivity index (χ3v) is 13.6. The second kappa shape index (κ2) is 8.69. The first-order valence-corrected chi connectivity index (χ1v) is 18.2. The van der Waals surface area contributed by atoms with Gasteiger partial charge in [0.25, 0.3) is 23.6 Å². The summed E-state index contributed by atoms with van der Waals surface area (Å²) in [6, 6.07) is 12.5. The Morgan fingerprint density at radius 1 is 0.796 bits per heavy atom. The van der Waals surface area contributed by atoms with Crippen LogP contribution in [0.5, 0.6) is 0 Å². The average molecular weight is 716 g/mol. The highest BCUT2D eigenvalue weighted by atomic mass is 32.7. The average Bonchev–Trinajstić information content (AvgIpc) is 3.63. The van der Waals surface area contributed by atoms with Crippen molar-refractivity contribution in [2.24, 2.45) is 5.73 Å². The number of carbonyl (C=O) groups is 4. The highest BCUT2D eigenvalue weighted by Gasteiger charge is 2.90. The van der Waals surface area contributed by atoms with Crippen LogP contribution in [0.2, 0.25) is 0 Å². The van der Waals surface area contributed by atoms with Crippen LogP contribution in [0, 0.1) is 0 Å². The van der Waals surface area contributed by atoms with Gasteiger partial charge in [-0.2, -0.15) is 0 Å². The zero-order valence-electron chi connectivity index (χ0n) is 26.6. The van der Waals surface area contributed by atoms with Crippen molar-refractivity contribution in [2.45, 2.75) is 72.4 Å². The number of para-hydroxylation sites is 2. The van der Waals surface area contributed by atoms with Crippen molar-refractivity contribution in [3.8, 4) is 0 Å². The number of anilines is 2. The third kappa shape index (κ3) is 3.05. The number of hydrogen-bond acceptors (Lipinski definition) is 12. The number of nitrogens with zero attached hydrogens (tertiary/aromatic N) is 5. The summed E-state index contributed by atoms with van der Waals surface area (Å²) in [6.07, 6.45) is -3.01. The summed E-state index contributed by atoms with van der Waals surface area (Å²) >= 11 is 0. The lowest BCUT2D eigenvalue weighted by atomic mass is 9.52. The van der Waals surface area contributed by atoms with Crippen LogP contribution in [0.15, 0.2) is 48.5 Å². The third-order valence-electron chi connectivity index (χ3n) is 11.9. The number of hydrogen-bond donors (Lipinski definition) is 6. The van der Waals surface area contributed by atoms with Crippen LogP contribution in [0.1, 0.15) is 37.8 Å². The summed E-state index contributed by atoms with van der Waals surface area (Å²) in [5.41, 5.74) is -6.66. The minimum absolute atomic E-state index is 0.0583. The highest BCUT2D eigenvalue weighted by molar-refractivity contribution is 8.38. The Hall–Kier alpha value is -3.90. The molecule has 6 aliphatic rings. The number of aliphatic hydroxyl groups is 4. The maximum atomic E-state index is 14.5. The van der Waals surface area contributed by atoms with Crippen molar-refractivity contribution < 1.29 is 48.0 Å². The van der Waals surface area contributed by atoms with E-state index in [-0.39, 0.29) is 11.3 Å². The van der Waals surface area contributed by atoms with Gasteiger partial charge in [0.1, 0.15) is 6.17 Å². The van der Waals surface area contributed by atoms with Crippen molar-refractivity contribution in [2.75, 3.05) is 23.7 Å². The predicted molar refractivity (Wildman–Crippen MR) is 171 cm³/mol. The summed E-state index contributed by atoms with van der Waals surface area (Å²) < 4.78 is 28.7. The lowest BCUT2D eigenvalue weighted by Gasteiger charge is -2.56. The van der Waals surface area contributed by atoms with Crippen molar-refractivity contribution in [1.82, 2.24) is 19.6 Å². The molecule has 6 heterocycles. The van der Waals surface area contributed by atoms with Crippen LogP contribution < -0.4 is 15.4 Å². The molecule has 0 radical (unpaired) electrons. The molecular weight excluding hydrogens is 681 g/mol. The van der Waals surface area contributed by atoms with Gasteiger partial charge in [-0.15, -0.1) is 0 Å². The van der Waals surface area contributed by atoms with Gasteiger partial charge in [-0.1, -0.05) is 36.4 Å². The van der Waals surface area contributed by atoms with Crippen LogP contribution in [0.25, 0.3) is 0 Å². The number of nitrogens with two attached hydrogens (primary N) is 1. The number of nitrogens with one attached hydrogen (secondary N) is 1. The number of benzene rings is 2. The number of rotatable bonds is 2. The summed E-state index contributed by atoms with van der Waals surface area (Å²) in [6.45, 7) is 2.08. The van der Waals surface area contributed by atoms with Crippen molar-refractivity contribution in [3.63, 3.8) is 0 Å². The van der Waals surface area contributed by atoms with Crippen molar-refractivity contribution >= 4 is 53.1 Å². The summed E-state index contributed by atoms with van der Waals surface area (Å²) in [5, 5.41) is 51.0. The zero-order valence-corrected chi connectivity index (χ0v) is 28.6. The minimum atomic E-state index is -4.63. The van der Waals surface area contributed by atoms with Gasteiger partial charge in [0.05, 0.1) is 16.5 Å². The fourth-order valence-electron chi connectivity index (χ4n) is 9.67. The Morgan fingerprint density at radius 3 is 1.94 bits per heavy atom. The standard InChI is InChI=1S/C30H34N7O10PS/c1-24(42)20(38)35-19-26(13-28(35,44)22(40)33(24)3,15-9-5-7-11-17(15)32-19)27-14-29(45)23(41)34(4)25(2,43)21(39)36(29)30(27,31)37(49(46,47)48)18-12-8-6-10-16(18)27/h5-12,19,32,42-45H,13-14,31,48H2,1-4H3/t19-,24-,25-,26+,27-,28-,29-,30-/m1/s1. The molecule has 9 atom stereocenters. The largest absolute Gasteiger partial charge is 0.364 e. The molecule has 7 N–H and O–H groups in total. The van der Waals surface area contributed by atoms with Gasteiger partial charge in [-0.3, -0.25) is 34.7 Å². The van der Waals surface area contributed by atoms with Gasteiger partial charge in [0, 0.05) is 41.1 Å². The summed E-state index contributed by atoms with van der Waals surface area (Å²) in [5.74, 6) is -7.47. The first kappa shape index (κ1) is 32.3. The molecule has 0 bridgehead atoms. The summed E-state index contributed by atoms with van der Waals surface area (Å²) in [4.78, 5) is 59.7. The number of fused-ring (bicyclic) bond motifs is 11. The smallest absolute Gasteiger partial charge is 0.281 e. The molecule has 2 aromatic rings. The molecule has 49 heavy (non-hydrogen) atoms. The molecule has 4 fully saturated rings. The second-order valence-corrected chi connectivity index (χ2v) is 17.3. The molecule has 0 saturated carbocycles. The molecule has 4 amide bonds. The Balaban J connectivity index is 1.56. The molecule has 0 aliphatic carbocycles. The van der Waals surface area contributed by atoms with E-state index < -0.39 is 91.8 Å². The van der Waals surface area contributed by atoms with Crippen LogP contribution in [0.4, 0.5) is 11.4 Å². The van der Waals surface area contributed by atoms with E-state index >= 15 is 0 Å². The van der Waals surface area contributed by atoms with E-state index in [9.17, 15) is 48.0 Å². The molecule has 1 unspecified atom stereocenters. The van der Waals surface area contributed by atoms with Gasteiger partial charge < -0.3 is 35.5 Å². The lowest BCUT2D eigenvalue weighted by Crippen LogP contribution is -2.83. The molecule has 0 spiro atoms. The molecule has 19 heteroatoms. The Kier molecular flexibility index (Phi) is 5.73. The Bertz CT molecular complexity index is 2080. The van der Waals surface area contributed by atoms with Crippen LogP contribution in [-0.2, 0) is 39.7 Å². The number of piperazine rings is 2. The van der Waals surface area contributed by atoms with Crippen LogP contribution in [0.3, 0.4) is 0 Å². The second-order valence-electron chi connectivity index (χ2n) is 14.1. The number of carbonyl (C=O) groups excluding carboxylic acids is 4. The normalized spacial score (nSPS) is 42.2. The topological polar surface area (TPSA) is 238 Å². The quantitative estimate of drug-likeness (QED) is 0.175. The maximum absolute atomic E-state index is 14.5. The first-order valence-electron chi connectivity index (χ1n) is 15.3. The van der Waals surface area contributed by atoms with Gasteiger partial charge in [-0.05, 0) is 37.1 Å². The van der Waals surface area contributed by atoms with Crippen LogP contribution in [-0.4, -0.2) is 121 Å². The van der Waals surface area contributed by atoms with Gasteiger partial charge in [-0.25, -0.2) is 12.7 Å². The van der Waals surface area contributed by atoms with Gasteiger partial charge >= 0.3 is 0 Å². The van der Waals surface area contributed by atoms with E-state index in [4.69, 9.17) is 5.73 Å². The van der Waals surface area contributed by atoms with E-state index in [1.165, 1.54) is 18.2 Å². The first-order chi connectivity index (χ1) is 22.5. The SMILES string of the molecule is CN1C(=O)[C@]2(O)C[C@]3([C@]45C[C@@]6(O)C(=O)N(C)[C@](C)(O)C(=O)N6[C@@]4(N)N(S(=O)(=O)P)c4ccccc45)c4ccccc4N[C@@H]3N2C(=O)[C@@]1(C)O. The van der Waals surface area contributed by atoms with Gasteiger partial charge in [0.2, 0.25) is 32.5 Å². The van der Waals surface area contributed by atoms with Gasteiger partial charge in [0.15, 0.2) is 5.79 Å². The predicted octanol–water partition coefficient (Wildman–Crippen LogP) is -2.63. The highest BCUT2D eigenvalue weighted by Crippen LogP contribution is 2.75. The molecule has 2 aromatic carbocycles. The van der Waals surface area contributed by atoms with Crippen molar-refractivity contribution in [3.05, 3.63) is 59.7 Å².